The lowest BCUT2D eigenvalue weighted by Crippen LogP contribution is -2.39. The van der Waals surface area contributed by atoms with Crippen molar-refractivity contribution in [2.24, 2.45) is 17.3 Å². The second kappa shape index (κ2) is 8.68. The lowest BCUT2D eigenvalue weighted by Gasteiger charge is -2.48. The first-order chi connectivity index (χ1) is 13.8. The fourth-order valence-corrected chi connectivity index (χ4v) is 4.60. The number of carboxylic acid groups (broad SMARTS) is 1. The molecular formula is C24H28O5. The minimum Gasteiger partial charge on any atom is -0.508 e. The summed E-state index contributed by atoms with van der Waals surface area (Å²) in [5.41, 5.74) is 2.29. The molecule has 3 rings (SSSR count). The third-order valence-corrected chi connectivity index (χ3v) is 6.45. The zero-order valence-corrected chi connectivity index (χ0v) is 16.8. The molecule has 5 heteroatoms. The van der Waals surface area contributed by atoms with Crippen molar-refractivity contribution in [2.75, 3.05) is 6.61 Å². The standard InChI is InChI=1S/C24H28O5/c1-16(23(27)28)18-11-13-24(2)12-3-4-19(21(24)14-18)15-29-22(26)10-7-17-5-8-20(25)9-6-17/h4-10,18,21,25H,1,3,11-15H2,2H3,(H,27,28)/t18-,21+,24-/m1/s1. The smallest absolute Gasteiger partial charge is 0.331 e. The predicted octanol–water partition coefficient (Wildman–Crippen LogP) is 4.73. The lowest BCUT2D eigenvalue weighted by atomic mass is 9.57. The third kappa shape index (κ3) is 4.97. The van der Waals surface area contributed by atoms with E-state index >= 15 is 0 Å². The van der Waals surface area contributed by atoms with E-state index in [2.05, 4.69) is 19.6 Å². The van der Waals surface area contributed by atoms with Crippen LogP contribution in [0.2, 0.25) is 0 Å². The average molecular weight is 396 g/mol. The zero-order chi connectivity index (χ0) is 21.0. The third-order valence-electron chi connectivity index (χ3n) is 6.45. The second-order valence-electron chi connectivity index (χ2n) is 8.36. The number of benzene rings is 1. The van der Waals surface area contributed by atoms with E-state index in [1.165, 1.54) is 6.08 Å². The van der Waals surface area contributed by atoms with Crippen LogP contribution in [-0.2, 0) is 14.3 Å². The van der Waals surface area contributed by atoms with Gasteiger partial charge in [0.2, 0.25) is 0 Å². The maximum Gasteiger partial charge on any atom is 0.331 e. The normalized spacial score (nSPS) is 26.4. The number of fused-ring (bicyclic) bond motifs is 1. The molecule has 0 aliphatic heterocycles. The predicted molar refractivity (Wildman–Crippen MR) is 111 cm³/mol. The molecule has 1 saturated carbocycles. The van der Waals surface area contributed by atoms with E-state index < -0.39 is 11.9 Å². The van der Waals surface area contributed by atoms with E-state index in [4.69, 9.17) is 4.74 Å². The van der Waals surface area contributed by atoms with Gasteiger partial charge in [-0.2, -0.15) is 0 Å². The van der Waals surface area contributed by atoms with Crippen LogP contribution in [0.1, 0.15) is 44.6 Å². The quantitative estimate of drug-likeness (QED) is 0.412. The summed E-state index contributed by atoms with van der Waals surface area (Å²) in [5, 5.41) is 18.6. The Hall–Kier alpha value is -2.82. The number of carboxylic acids is 1. The van der Waals surface area contributed by atoms with Crippen LogP contribution in [0.3, 0.4) is 0 Å². The molecule has 0 radical (unpaired) electrons. The molecule has 2 N–H and O–H groups in total. The molecule has 29 heavy (non-hydrogen) atoms. The summed E-state index contributed by atoms with van der Waals surface area (Å²) in [4.78, 5) is 23.5. The number of ether oxygens (including phenoxy) is 1. The number of aliphatic carboxylic acids is 1. The number of phenols is 1. The van der Waals surface area contributed by atoms with Crippen molar-refractivity contribution in [3.63, 3.8) is 0 Å². The van der Waals surface area contributed by atoms with Crippen molar-refractivity contribution >= 4 is 18.0 Å². The van der Waals surface area contributed by atoms with E-state index in [9.17, 15) is 19.8 Å². The number of phenolic OH excluding ortho intramolecular Hbond substituents is 1. The van der Waals surface area contributed by atoms with Gasteiger partial charge in [-0.25, -0.2) is 9.59 Å². The van der Waals surface area contributed by atoms with Gasteiger partial charge in [-0.3, -0.25) is 0 Å². The average Bonchev–Trinajstić information content (AvgIpc) is 2.70. The van der Waals surface area contributed by atoms with Gasteiger partial charge in [0.25, 0.3) is 0 Å². The Balaban J connectivity index is 1.62. The molecule has 0 bridgehead atoms. The highest BCUT2D eigenvalue weighted by Gasteiger charge is 2.44. The molecule has 1 aromatic carbocycles. The molecule has 3 atom stereocenters. The Morgan fingerprint density at radius 3 is 2.69 bits per heavy atom. The number of rotatable bonds is 6. The molecule has 2 aliphatic carbocycles. The molecule has 0 saturated heterocycles. The maximum atomic E-state index is 12.2. The van der Waals surface area contributed by atoms with Crippen molar-refractivity contribution in [1.82, 2.24) is 0 Å². The number of esters is 1. The molecule has 5 nitrogen and oxygen atoms in total. The van der Waals surface area contributed by atoms with Gasteiger partial charge >= 0.3 is 11.9 Å². The fraction of sp³-hybridized carbons (Fsp3) is 0.417. The van der Waals surface area contributed by atoms with Crippen LogP contribution in [0, 0.1) is 17.3 Å². The number of hydrogen-bond donors (Lipinski definition) is 2. The van der Waals surface area contributed by atoms with Gasteiger partial charge in [0.1, 0.15) is 12.4 Å². The Morgan fingerprint density at radius 2 is 2.00 bits per heavy atom. The minimum absolute atomic E-state index is 0.0304. The molecule has 2 aliphatic rings. The first-order valence-corrected chi connectivity index (χ1v) is 10.0. The molecule has 1 fully saturated rings. The van der Waals surface area contributed by atoms with E-state index in [1.807, 2.05) is 0 Å². The van der Waals surface area contributed by atoms with Gasteiger partial charge < -0.3 is 14.9 Å². The van der Waals surface area contributed by atoms with Crippen LogP contribution in [-0.4, -0.2) is 28.8 Å². The molecule has 0 unspecified atom stereocenters. The van der Waals surface area contributed by atoms with Crippen molar-refractivity contribution < 1.29 is 24.5 Å². The Labute approximate surface area is 171 Å². The van der Waals surface area contributed by atoms with Crippen LogP contribution >= 0.6 is 0 Å². The topological polar surface area (TPSA) is 83.8 Å². The van der Waals surface area contributed by atoms with Gasteiger partial charge in [-0.15, -0.1) is 0 Å². The van der Waals surface area contributed by atoms with Crippen molar-refractivity contribution in [2.45, 2.75) is 39.0 Å². The molecule has 1 aromatic rings. The molecule has 0 heterocycles. The molecular weight excluding hydrogens is 368 g/mol. The Bertz CT molecular complexity index is 849. The number of aromatic hydroxyl groups is 1. The van der Waals surface area contributed by atoms with Gasteiger partial charge in [0, 0.05) is 11.6 Å². The number of carbonyl (C=O) groups is 2. The first-order valence-electron chi connectivity index (χ1n) is 10.0. The highest BCUT2D eigenvalue weighted by molar-refractivity contribution is 5.87. The zero-order valence-electron chi connectivity index (χ0n) is 16.8. The van der Waals surface area contributed by atoms with Gasteiger partial charge in [-0.05, 0) is 78.7 Å². The number of allylic oxidation sites excluding steroid dienone is 1. The first kappa shape index (κ1) is 20.9. The summed E-state index contributed by atoms with van der Waals surface area (Å²) in [6.45, 7) is 6.26. The summed E-state index contributed by atoms with van der Waals surface area (Å²) in [6, 6.07) is 6.55. The SMILES string of the molecule is C=C(C(=O)O)[C@@H]1CC[C@@]2(C)CCC=C(COC(=O)C=Cc3ccc(O)cc3)[C@@H]2C1. The van der Waals surface area contributed by atoms with Crippen LogP contribution in [0.15, 0.2) is 54.1 Å². The molecule has 0 spiro atoms. The van der Waals surface area contributed by atoms with E-state index in [0.717, 1.165) is 43.2 Å². The monoisotopic (exact) mass is 396 g/mol. The van der Waals surface area contributed by atoms with Crippen molar-refractivity contribution in [3.8, 4) is 5.75 Å². The summed E-state index contributed by atoms with van der Waals surface area (Å²) >= 11 is 0. The van der Waals surface area contributed by atoms with E-state index in [1.54, 1.807) is 30.3 Å². The summed E-state index contributed by atoms with van der Waals surface area (Å²) in [5.74, 6) is -0.996. The maximum absolute atomic E-state index is 12.2. The summed E-state index contributed by atoms with van der Waals surface area (Å²) in [7, 11) is 0. The van der Waals surface area contributed by atoms with Crippen LogP contribution < -0.4 is 0 Å². The van der Waals surface area contributed by atoms with Crippen LogP contribution in [0.4, 0.5) is 0 Å². The van der Waals surface area contributed by atoms with Crippen LogP contribution in [0.5, 0.6) is 5.75 Å². The lowest BCUT2D eigenvalue weighted by molar-refractivity contribution is -0.137. The summed E-state index contributed by atoms with van der Waals surface area (Å²) < 4.78 is 5.48. The Morgan fingerprint density at radius 1 is 1.28 bits per heavy atom. The summed E-state index contributed by atoms with van der Waals surface area (Å²) in [6.07, 6.45) is 9.75. The number of carbonyl (C=O) groups excluding carboxylic acids is 1. The van der Waals surface area contributed by atoms with Crippen molar-refractivity contribution in [3.05, 3.63) is 59.7 Å². The molecule has 154 valence electrons. The fourth-order valence-electron chi connectivity index (χ4n) is 4.60. The van der Waals surface area contributed by atoms with Gasteiger partial charge in [-0.1, -0.05) is 31.7 Å². The highest BCUT2D eigenvalue weighted by Crippen LogP contribution is 2.53. The van der Waals surface area contributed by atoms with E-state index in [-0.39, 0.29) is 35.2 Å². The Kier molecular flexibility index (Phi) is 6.26. The van der Waals surface area contributed by atoms with Gasteiger partial charge in [0.15, 0.2) is 0 Å². The van der Waals surface area contributed by atoms with Crippen molar-refractivity contribution in [1.29, 1.82) is 0 Å². The van der Waals surface area contributed by atoms with E-state index in [0.29, 0.717) is 0 Å². The largest absolute Gasteiger partial charge is 0.508 e. The molecule has 0 aromatic heterocycles. The van der Waals surface area contributed by atoms with Gasteiger partial charge in [0.05, 0.1) is 0 Å². The second-order valence-corrected chi connectivity index (χ2v) is 8.36. The highest BCUT2D eigenvalue weighted by atomic mass is 16.5. The number of hydrogen-bond acceptors (Lipinski definition) is 4. The molecule has 0 amide bonds. The minimum atomic E-state index is -0.925. The van der Waals surface area contributed by atoms with Crippen LogP contribution in [0.25, 0.3) is 6.08 Å².